The smallest absolute Gasteiger partial charge is 0.333 e. The fourth-order valence-electron chi connectivity index (χ4n) is 1.41. The van der Waals surface area contributed by atoms with Crippen LogP contribution in [-0.4, -0.2) is 22.3 Å². The molecule has 0 aliphatic heterocycles. The summed E-state index contributed by atoms with van der Waals surface area (Å²) in [5, 5.41) is 18.0. The minimum Gasteiger partial charge on any atom is -0.479 e. The number of allylic oxidation sites excluding steroid dienone is 1. The number of aliphatic carboxylic acids is 1. The summed E-state index contributed by atoms with van der Waals surface area (Å²) >= 11 is 0. The Labute approximate surface area is 78.1 Å². The molecule has 3 heteroatoms. The molecule has 0 aromatic heterocycles. The summed E-state index contributed by atoms with van der Waals surface area (Å²) in [6.07, 6.45) is 6.21. The third-order valence-electron chi connectivity index (χ3n) is 2.51. The highest BCUT2D eigenvalue weighted by Crippen LogP contribution is 2.50. The van der Waals surface area contributed by atoms with E-state index in [0.29, 0.717) is 0 Å². The van der Waals surface area contributed by atoms with Gasteiger partial charge in [-0.15, -0.1) is 0 Å². The first kappa shape index (κ1) is 10.3. The number of unbranched alkanes of at least 4 members (excludes halogenated alkanes) is 1. The van der Waals surface area contributed by atoms with Crippen molar-refractivity contribution >= 4 is 5.97 Å². The van der Waals surface area contributed by atoms with E-state index in [1.165, 1.54) is 0 Å². The van der Waals surface area contributed by atoms with Gasteiger partial charge in [-0.25, -0.2) is 4.79 Å². The maximum absolute atomic E-state index is 10.5. The molecule has 0 aromatic carbocycles. The molecule has 1 fully saturated rings. The van der Waals surface area contributed by atoms with Crippen LogP contribution in [0.15, 0.2) is 12.2 Å². The summed E-state index contributed by atoms with van der Waals surface area (Å²) in [7, 11) is 0. The van der Waals surface area contributed by atoms with Crippen molar-refractivity contribution in [2.75, 3.05) is 0 Å². The van der Waals surface area contributed by atoms with E-state index in [0.717, 1.165) is 25.7 Å². The van der Waals surface area contributed by atoms with Gasteiger partial charge in [0.1, 0.15) is 0 Å². The van der Waals surface area contributed by atoms with Gasteiger partial charge < -0.3 is 10.2 Å². The van der Waals surface area contributed by atoms with Gasteiger partial charge in [-0.3, -0.25) is 0 Å². The lowest BCUT2D eigenvalue weighted by molar-refractivity contribution is -0.149. The number of carboxylic acid groups (broad SMARTS) is 1. The van der Waals surface area contributed by atoms with Gasteiger partial charge >= 0.3 is 5.97 Å². The van der Waals surface area contributed by atoms with Crippen LogP contribution in [0.2, 0.25) is 0 Å². The van der Waals surface area contributed by atoms with Gasteiger partial charge in [0.25, 0.3) is 0 Å². The van der Waals surface area contributed by atoms with Crippen molar-refractivity contribution in [1.29, 1.82) is 0 Å². The van der Waals surface area contributed by atoms with Crippen LogP contribution < -0.4 is 0 Å². The molecule has 1 saturated carbocycles. The Balaban J connectivity index is 2.51. The van der Waals surface area contributed by atoms with E-state index >= 15 is 0 Å². The van der Waals surface area contributed by atoms with Gasteiger partial charge in [0, 0.05) is 5.41 Å². The van der Waals surface area contributed by atoms with Crippen LogP contribution in [0.4, 0.5) is 0 Å². The number of hydrogen-bond donors (Lipinski definition) is 2. The van der Waals surface area contributed by atoms with Gasteiger partial charge in [-0.1, -0.05) is 25.5 Å². The molecule has 1 aliphatic carbocycles. The number of rotatable bonds is 5. The Kier molecular flexibility index (Phi) is 3.09. The molecule has 1 unspecified atom stereocenters. The van der Waals surface area contributed by atoms with Crippen LogP contribution in [0, 0.1) is 5.41 Å². The summed E-state index contributed by atoms with van der Waals surface area (Å²) in [4.78, 5) is 10.5. The Hall–Kier alpha value is -0.830. The summed E-state index contributed by atoms with van der Waals surface area (Å²) in [6.45, 7) is 2.07. The molecule has 0 aromatic rings. The maximum Gasteiger partial charge on any atom is 0.333 e. The summed E-state index contributed by atoms with van der Waals surface area (Å²) in [5.74, 6) is -1.11. The molecule has 1 aliphatic rings. The monoisotopic (exact) mass is 184 g/mol. The molecule has 0 heterocycles. The second-order valence-electron chi connectivity index (χ2n) is 3.66. The average molecular weight is 184 g/mol. The highest BCUT2D eigenvalue weighted by molar-refractivity contribution is 5.74. The van der Waals surface area contributed by atoms with Crippen LogP contribution in [-0.2, 0) is 4.79 Å². The SMILES string of the molecule is CCC/C=C/C1(C(O)C(=O)O)CC1. The molecule has 0 saturated heterocycles. The van der Waals surface area contributed by atoms with Gasteiger partial charge in [-0.05, 0) is 19.3 Å². The van der Waals surface area contributed by atoms with Crippen molar-refractivity contribution in [3.8, 4) is 0 Å². The second kappa shape index (κ2) is 3.92. The number of aliphatic hydroxyl groups is 1. The number of aliphatic hydroxyl groups excluding tert-OH is 1. The summed E-state index contributed by atoms with van der Waals surface area (Å²) < 4.78 is 0. The van der Waals surface area contributed by atoms with Gasteiger partial charge in [0.05, 0.1) is 0 Å². The first-order chi connectivity index (χ1) is 6.12. The molecular weight excluding hydrogens is 168 g/mol. The Morgan fingerprint density at radius 3 is 2.62 bits per heavy atom. The zero-order chi connectivity index (χ0) is 9.90. The topological polar surface area (TPSA) is 57.5 Å². The highest BCUT2D eigenvalue weighted by atomic mass is 16.4. The molecule has 74 valence electrons. The highest BCUT2D eigenvalue weighted by Gasteiger charge is 2.49. The van der Waals surface area contributed by atoms with E-state index in [4.69, 9.17) is 5.11 Å². The van der Waals surface area contributed by atoms with Crippen LogP contribution in [0.3, 0.4) is 0 Å². The van der Waals surface area contributed by atoms with Crippen molar-refractivity contribution in [3.63, 3.8) is 0 Å². The third kappa shape index (κ3) is 2.31. The Morgan fingerprint density at radius 2 is 2.23 bits per heavy atom. The van der Waals surface area contributed by atoms with E-state index < -0.39 is 17.5 Å². The van der Waals surface area contributed by atoms with Crippen LogP contribution in [0.5, 0.6) is 0 Å². The quantitative estimate of drug-likeness (QED) is 0.637. The molecule has 1 rings (SSSR count). The molecular formula is C10H16O3. The first-order valence-corrected chi connectivity index (χ1v) is 4.71. The molecule has 0 amide bonds. The fraction of sp³-hybridized carbons (Fsp3) is 0.700. The molecule has 3 nitrogen and oxygen atoms in total. The summed E-state index contributed by atoms with van der Waals surface area (Å²) in [5.41, 5.74) is -0.443. The van der Waals surface area contributed by atoms with Crippen molar-refractivity contribution in [2.24, 2.45) is 5.41 Å². The lowest BCUT2D eigenvalue weighted by atomic mass is 9.98. The predicted molar refractivity (Wildman–Crippen MR) is 49.4 cm³/mol. The minimum atomic E-state index is -1.22. The van der Waals surface area contributed by atoms with E-state index in [-0.39, 0.29) is 0 Å². The lowest BCUT2D eigenvalue weighted by Gasteiger charge is -2.13. The second-order valence-corrected chi connectivity index (χ2v) is 3.66. The number of hydrogen-bond acceptors (Lipinski definition) is 2. The van der Waals surface area contributed by atoms with Gasteiger partial charge in [0.2, 0.25) is 0 Å². The molecule has 1 atom stereocenters. The zero-order valence-electron chi connectivity index (χ0n) is 7.86. The third-order valence-corrected chi connectivity index (χ3v) is 2.51. The molecule has 0 bridgehead atoms. The van der Waals surface area contributed by atoms with E-state index in [1.54, 1.807) is 0 Å². The minimum absolute atomic E-state index is 0.443. The maximum atomic E-state index is 10.5. The van der Waals surface area contributed by atoms with Gasteiger partial charge in [0.15, 0.2) is 6.10 Å². The van der Waals surface area contributed by atoms with Crippen LogP contribution in [0.25, 0.3) is 0 Å². The van der Waals surface area contributed by atoms with E-state index in [1.807, 2.05) is 12.2 Å². The fourth-order valence-corrected chi connectivity index (χ4v) is 1.41. The van der Waals surface area contributed by atoms with Crippen molar-refractivity contribution in [1.82, 2.24) is 0 Å². The molecule has 0 spiro atoms. The average Bonchev–Trinajstić information content (AvgIpc) is 2.85. The normalized spacial score (nSPS) is 21.7. The molecule has 13 heavy (non-hydrogen) atoms. The predicted octanol–water partition coefficient (Wildman–Crippen LogP) is 1.57. The van der Waals surface area contributed by atoms with Crippen molar-refractivity contribution in [2.45, 2.75) is 38.7 Å². The summed E-state index contributed by atoms with van der Waals surface area (Å²) in [6, 6.07) is 0. The van der Waals surface area contributed by atoms with Crippen molar-refractivity contribution < 1.29 is 15.0 Å². The van der Waals surface area contributed by atoms with E-state index in [2.05, 4.69) is 6.92 Å². The van der Waals surface area contributed by atoms with E-state index in [9.17, 15) is 9.90 Å². The van der Waals surface area contributed by atoms with Crippen molar-refractivity contribution in [3.05, 3.63) is 12.2 Å². The first-order valence-electron chi connectivity index (χ1n) is 4.71. The molecule has 2 N–H and O–H groups in total. The lowest BCUT2D eigenvalue weighted by Crippen LogP contribution is -2.29. The Bertz CT molecular complexity index is 216. The van der Waals surface area contributed by atoms with Gasteiger partial charge in [-0.2, -0.15) is 0 Å². The van der Waals surface area contributed by atoms with Crippen LogP contribution >= 0.6 is 0 Å². The number of carboxylic acids is 1. The zero-order valence-corrected chi connectivity index (χ0v) is 7.86. The van der Waals surface area contributed by atoms with Crippen LogP contribution in [0.1, 0.15) is 32.6 Å². The number of carbonyl (C=O) groups is 1. The molecule has 0 radical (unpaired) electrons. The Morgan fingerprint density at radius 1 is 1.62 bits per heavy atom. The largest absolute Gasteiger partial charge is 0.479 e. The standard InChI is InChI=1S/C10H16O3/c1-2-3-4-5-10(6-7-10)8(11)9(12)13/h4-5,8,11H,2-3,6-7H2,1H3,(H,12,13)/b5-4+.